The Morgan fingerprint density at radius 3 is 3.06 bits per heavy atom. The van der Waals surface area contributed by atoms with Gasteiger partial charge in [0.05, 0.1) is 6.61 Å². The van der Waals surface area contributed by atoms with Crippen LogP contribution in [-0.4, -0.2) is 13.2 Å². The lowest BCUT2D eigenvalue weighted by atomic mass is 9.91. The minimum Gasteiger partial charge on any atom is -0.493 e. The van der Waals surface area contributed by atoms with Crippen LogP contribution in [0.25, 0.3) is 0 Å². The fourth-order valence-electron chi connectivity index (χ4n) is 2.71. The molecule has 2 nitrogen and oxygen atoms in total. The van der Waals surface area contributed by atoms with Gasteiger partial charge in [-0.25, -0.2) is 0 Å². The van der Waals surface area contributed by atoms with Crippen LogP contribution in [0.2, 0.25) is 0 Å². The van der Waals surface area contributed by atoms with Gasteiger partial charge in [-0.3, -0.25) is 0 Å². The summed E-state index contributed by atoms with van der Waals surface area (Å²) in [6.45, 7) is 4.33. The summed E-state index contributed by atoms with van der Waals surface area (Å²) in [6.07, 6.45) is 3.68. The third kappa shape index (κ3) is 1.82. The third-order valence-electron chi connectivity index (χ3n) is 3.78. The minimum absolute atomic E-state index is 0.557. The Morgan fingerprint density at radius 2 is 2.25 bits per heavy atom. The lowest BCUT2D eigenvalue weighted by Crippen LogP contribution is -2.31. The second kappa shape index (κ2) is 4.10. The van der Waals surface area contributed by atoms with Crippen LogP contribution in [0.3, 0.4) is 0 Å². The van der Waals surface area contributed by atoms with Crippen LogP contribution < -0.4 is 10.1 Å². The number of hydrogen-bond donors (Lipinski definition) is 1. The number of rotatable bonds is 1. The Kier molecular flexibility index (Phi) is 2.60. The molecule has 2 heterocycles. The molecule has 0 aliphatic carbocycles. The third-order valence-corrected chi connectivity index (χ3v) is 3.78. The van der Waals surface area contributed by atoms with Gasteiger partial charge in [-0.2, -0.15) is 0 Å². The van der Waals surface area contributed by atoms with Gasteiger partial charge in [0.2, 0.25) is 0 Å². The zero-order chi connectivity index (χ0) is 11.0. The maximum absolute atomic E-state index is 5.54. The summed E-state index contributed by atoms with van der Waals surface area (Å²) >= 11 is 0. The van der Waals surface area contributed by atoms with Crippen molar-refractivity contribution in [2.45, 2.75) is 32.2 Å². The Hall–Kier alpha value is -1.02. The van der Waals surface area contributed by atoms with Gasteiger partial charge in [-0.05, 0) is 42.5 Å². The van der Waals surface area contributed by atoms with Crippen LogP contribution in [0.15, 0.2) is 18.2 Å². The van der Waals surface area contributed by atoms with Crippen LogP contribution in [0.1, 0.15) is 36.9 Å². The highest BCUT2D eigenvalue weighted by Gasteiger charge is 2.20. The quantitative estimate of drug-likeness (QED) is 0.781. The van der Waals surface area contributed by atoms with Gasteiger partial charge in [-0.15, -0.1) is 0 Å². The van der Waals surface area contributed by atoms with E-state index in [2.05, 4.69) is 30.4 Å². The molecule has 2 aliphatic heterocycles. The van der Waals surface area contributed by atoms with Crippen molar-refractivity contribution in [3.8, 4) is 5.75 Å². The van der Waals surface area contributed by atoms with Gasteiger partial charge < -0.3 is 10.1 Å². The first-order valence-electron chi connectivity index (χ1n) is 6.32. The largest absolute Gasteiger partial charge is 0.493 e. The van der Waals surface area contributed by atoms with Crippen molar-refractivity contribution in [3.63, 3.8) is 0 Å². The molecular formula is C14H19NO. The van der Waals surface area contributed by atoms with Gasteiger partial charge in [0.25, 0.3) is 0 Å². The van der Waals surface area contributed by atoms with E-state index in [1.54, 1.807) is 0 Å². The van der Waals surface area contributed by atoms with Gasteiger partial charge in [0.1, 0.15) is 5.75 Å². The maximum atomic E-state index is 5.54. The normalized spacial score (nSPS) is 28.6. The van der Waals surface area contributed by atoms with Crippen LogP contribution >= 0.6 is 0 Å². The number of nitrogens with one attached hydrogen (secondary N) is 1. The van der Waals surface area contributed by atoms with Crippen molar-refractivity contribution in [2.24, 2.45) is 5.92 Å². The van der Waals surface area contributed by atoms with Gasteiger partial charge in [0, 0.05) is 12.5 Å². The summed E-state index contributed by atoms with van der Waals surface area (Å²) in [5, 5.41) is 3.64. The molecule has 1 aromatic rings. The Labute approximate surface area is 97.0 Å². The lowest BCUT2D eigenvalue weighted by Gasteiger charge is -2.28. The molecule has 1 saturated heterocycles. The smallest absolute Gasteiger partial charge is 0.122 e. The van der Waals surface area contributed by atoms with E-state index in [4.69, 9.17) is 4.74 Å². The van der Waals surface area contributed by atoms with E-state index in [-0.39, 0.29) is 0 Å². The fourth-order valence-corrected chi connectivity index (χ4v) is 2.71. The standard InChI is InChI=1S/C14H19NO/c1-10-2-4-13(15-9-10)11-3-5-14-12(8-11)6-7-16-14/h3,5,8,10,13,15H,2,4,6-7,9H2,1H3/t10-,13+/m0/s1. The predicted molar refractivity (Wildman–Crippen MR) is 64.8 cm³/mol. The van der Waals surface area contributed by atoms with Crippen LogP contribution in [0, 0.1) is 5.92 Å². The topological polar surface area (TPSA) is 21.3 Å². The summed E-state index contributed by atoms with van der Waals surface area (Å²) < 4.78 is 5.54. The molecular weight excluding hydrogens is 198 g/mol. The first kappa shape index (κ1) is 10.2. The number of benzene rings is 1. The molecule has 86 valence electrons. The monoisotopic (exact) mass is 217 g/mol. The summed E-state index contributed by atoms with van der Waals surface area (Å²) in [4.78, 5) is 0. The molecule has 0 saturated carbocycles. The number of piperidine rings is 1. The first-order chi connectivity index (χ1) is 7.83. The molecule has 1 N–H and O–H groups in total. The summed E-state index contributed by atoms with van der Waals surface area (Å²) in [5.74, 6) is 1.92. The zero-order valence-electron chi connectivity index (χ0n) is 9.83. The molecule has 1 aromatic carbocycles. The van der Waals surface area contributed by atoms with Gasteiger partial charge >= 0.3 is 0 Å². The molecule has 1 fully saturated rings. The van der Waals surface area contributed by atoms with E-state index in [9.17, 15) is 0 Å². The van der Waals surface area contributed by atoms with Crippen molar-refractivity contribution < 1.29 is 4.74 Å². The highest BCUT2D eigenvalue weighted by atomic mass is 16.5. The van der Waals surface area contributed by atoms with E-state index >= 15 is 0 Å². The lowest BCUT2D eigenvalue weighted by molar-refractivity contribution is 0.332. The molecule has 0 radical (unpaired) electrons. The minimum atomic E-state index is 0.557. The molecule has 0 aromatic heterocycles. The van der Waals surface area contributed by atoms with Crippen molar-refractivity contribution in [1.82, 2.24) is 5.32 Å². The number of fused-ring (bicyclic) bond motifs is 1. The van der Waals surface area contributed by atoms with Crippen LogP contribution in [-0.2, 0) is 6.42 Å². The molecule has 0 bridgehead atoms. The van der Waals surface area contributed by atoms with E-state index in [1.807, 2.05) is 0 Å². The average Bonchev–Trinajstić information content (AvgIpc) is 2.77. The fraction of sp³-hybridized carbons (Fsp3) is 0.571. The van der Waals surface area contributed by atoms with Crippen LogP contribution in [0.4, 0.5) is 0 Å². The van der Waals surface area contributed by atoms with E-state index in [0.29, 0.717) is 6.04 Å². The number of ether oxygens (including phenoxy) is 1. The second-order valence-corrected chi connectivity index (χ2v) is 5.11. The highest BCUT2D eigenvalue weighted by Crippen LogP contribution is 2.31. The molecule has 0 amide bonds. The van der Waals surface area contributed by atoms with Crippen LogP contribution in [0.5, 0.6) is 5.75 Å². The summed E-state index contributed by atoms with van der Waals surface area (Å²) in [6, 6.07) is 7.24. The van der Waals surface area contributed by atoms with E-state index < -0.39 is 0 Å². The van der Waals surface area contributed by atoms with Crippen molar-refractivity contribution in [1.29, 1.82) is 0 Å². The van der Waals surface area contributed by atoms with Crippen molar-refractivity contribution >= 4 is 0 Å². The maximum Gasteiger partial charge on any atom is 0.122 e. The number of hydrogen-bond acceptors (Lipinski definition) is 2. The highest BCUT2D eigenvalue weighted by molar-refractivity contribution is 5.40. The molecule has 2 aliphatic rings. The predicted octanol–water partition coefficient (Wildman–Crippen LogP) is 2.68. The average molecular weight is 217 g/mol. The molecule has 3 rings (SSSR count). The van der Waals surface area contributed by atoms with Gasteiger partial charge in [0.15, 0.2) is 0 Å². The summed E-state index contributed by atoms with van der Waals surface area (Å²) in [5.41, 5.74) is 2.83. The van der Waals surface area contributed by atoms with E-state index in [0.717, 1.165) is 31.2 Å². The van der Waals surface area contributed by atoms with Crippen molar-refractivity contribution in [2.75, 3.05) is 13.2 Å². The summed E-state index contributed by atoms with van der Waals surface area (Å²) in [7, 11) is 0. The Morgan fingerprint density at radius 1 is 1.31 bits per heavy atom. The SMILES string of the molecule is C[C@H]1CC[C@H](c2ccc3c(c2)CCO3)NC1. The van der Waals surface area contributed by atoms with E-state index in [1.165, 1.54) is 24.0 Å². The second-order valence-electron chi connectivity index (χ2n) is 5.11. The first-order valence-corrected chi connectivity index (χ1v) is 6.32. The molecule has 0 unspecified atom stereocenters. The van der Waals surface area contributed by atoms with Gasteiger partial charge in [-0.1, -0.05) is 19.1 Å². The Balaban J connectivity index is 1.79. The molecule has 0 spiro atoms. The molecule has 16 heavy (non-hydrogen) atoms. The molecule has 2 atom stereocenters. The Bertz CT molecular complexity index is 380. The molecule has 2 heteroatoms. The zero-order valence-corrected chi connectivity index (χ0v) is 9.83. The van der Waals surface area contributed by atoms with Crippen molar-refractivity contribution in [3.05, 3.63) is 29.3 Å².